The van der Waals surface area contributed by atoms with E-state index in [4.69, 9.17) is 11.6 Å². The Morgan fingerprint density at radius 3 is 2.85 bits per heavy atom. The van der Waals surface area contributed by atoms with Crippen LogP contribution in [0.15, 0.2) is 29.1 Å². The van der Waals surface area contributed by atoms with Gasteiger partial charge in [-0.15, -0.1) is 0 Å². The van der Waals surface area contributed by atoms with E-state index in [0.717, 1.165) is 11.1 Å². The SMILES string of the molecule is Cc1cc(Cl)ccc1-c1ncon1. The van der Waals surface area contributed by atoms with Gasteiger partial charge in [-0.05, 0) is 30.7 Å². The number of aryl methyl sites for hydroxylation is 1. The van der Waals surface area contributed by atoms with Crippen LogP contribution in [-0.2, 0) is 0 Å². The van der Waals surface area contributed by atoms with E-state index in [1.807, 2.05) is 19.1 Å². The van der Waals surface area contributed by atoms with Crippen LogP contribution in [0.25, 0.3) is 11.4 Å². The smallest absolute Gasteiger partial charge is 0.214 e. The molecule has 0 bridgehead atoms. The lowest BCUT2D eigenvalue weighted by atomic mass is 10.1. The number of halogens is 1. The van der Waals surface area contributed by atoms with Crippen LogP contribution in [0.3, 0.4) is 0 Å². The van der Waals surface area contributed by atoms with Crippen molar-refractivity contribution in [3.63, 3.8) is 0 Å². The Balaban J connectivity index is 2.53. The molecule has 0 fully saturated rings. The first-order valence-electron chi connectivity index (χ1n) is 3.80. The van der Waals surface area contributed by atoms with Crippen LogP contribution in [0.5, 0.6) is 0 Å². The number of hydrogen-bond acceptors (Lipinski definition) is 3. The fraction of sp³-hybridized carbons (Fsp3) is 0.111. The zero-order chi connectivity index (χ0) is 9.26. The third-order valence-corrected chi connectivity index (χ3v) is 2.03. The largest absolute Gasteiger partial charge is 0.342 e. The van der Waals surface area contributed by atoms with Crippen molar-refractivity contribution in [1.82, 2.24) is 10.1 Å². The molecule has 1 heterocycles. The molecule has 4 heteroatoms. The summed E-state index contributed by atoms with van der Waals surface area (Å²) in [5.74, 6) is 0.592. The van der Waals surface area contributed by atoms with Crippen molar-refractivity contribution in [2.75, 3.05) is 0 Å². The molecule has 0 saturated carbocycles. The number of nitrogens with zero attached hydrogens (tertiary/aromatic N) is 2. The van der Waals surface area contributed by atoms with Gasteiger partial charge in [-0.1, -0.05) is 16.8 Å². The van der Waals surface area contributed by atoms with Crippen molar-refractivity contribution in [2.24, 2.45) is 0 Å². The third-order valence-electron chi connectivity index (χ3n) is 1.79. The van der Waals surface area contributed by atoms with Crippen LogP contribution in [0.1, 0.15) is 5.56 Å². The van der Waals surface area contributed by atoms with Gasteiger partial charge >= 0.3 is 0 Å². The zero-order valence-corrected chi connectivity index (χ0v) is 7.75. The summed E-state index contributed by atoms with van der Waals surface area (Å²) < 4.78 is 4.66. The van der Waals surface area contributed by atoms with E-state index in [2.05, 4.69) is 14.7 Å². The number of hydrogen-bond donors (Lipinski definition) is 0. The Bertz CT molecular complexity index is 412. The van der Waals surface area contributed by atoms with Gasteiger partial charge in [-0.3, -0.25) is 0 Å². The van der Waals surface area contributed by atoms with E-state index in [-0.39, 0.29) is 0 Å². The fourth-order valence-electron chi connectivity index (χ4n) is 1.17. The van der Waals surface area contributed by atoms with Gasteiger partial charge in [-0.25, -0.2) is 0 Å². The highest BCUT2D eigenvalue weighted by molar-refractivity contribution is 6.30. The molecule has 0 aliphatic rings. The predicted octanol–water partition coefficient (Wildman–Crippen LogP) is 2.70. The molecule has 13 heavy (non-hydrogen) atoms. The average Bonchev–Trinajstić information content (AvgIpc) is 2.56. The average molecular weight is 195 g/mol. The second-order valence-electron chi connectivity index (χ2n) is 2.71. The lowest BCUT2D eigenvalue weighted by Gasteiger charge is -1.99. The van der Waals surface area contributed by atoms with Gasteiger partial charge in [0.1, 0.15) is 0 Å². The first-order chi connectivity index (χ1) is 6.27. The summed E-state index contributed by atoms with van der Waals surface area (Å²) in [6.45, 7) is 1.96. The van der Waals surface area contributed by atoms with Crippen LogP contribution in [0, 0.1) is 6.92 Å². The molecule has 0 saturated heterocycles. The second-order valence-corrected chi connectivity index (χ2v) is 3.15. The second kappa shape index (κ2) is 3.18. The van der Waals surface area contributed by atoms with Crippen molar-refractivity contribution >= 4 is 11.6 Å². The molecule has 0 atom stereocenters. The maximum atomic E-state index is 5.81. The maximum absolute atomic E-state index is 5.81. The summed E-state index contributed by atoms with van der Waals surface area (Å²) in [5, 5.41) is 4.46. The first-order valence-corrected chi connectivity index (χ1v) is 4.18. The van der Waals surface area contributed by atoms with Gasteiger partial charge < -0.3 is 4.52 Å². The predicted molar refractivity (Wildman–Crippen MR) is 49.5 cm³/mol. The van der Waals surface area contributed by atoms with Gasteiger partial charge in [-0.2, -0.15) is 4.98 Å². The first kappa shape index (κ1) is 8.26. The molecule has 0 N–H and O–H groups in total. The van der Waals surface area contributed by atoms with Crippen LogP contribution < -0.4 is 0 Å². The number of rotatable bonds is 1. The molecule has 0 aliphatic carbocycles. The van der Waals surface area contributed by atoms with Crippen LogP contribution in [-0.4, -0.2) is 10.1 Å². The third kappa shape index (κ3) is 1.55. The fourth-order valence-corrected chi connectivity index (χ4v) is 1.39. The summed E-state index contributed by atoms with van der Waals surface area (Å²) >= 11 is 5.81. The van der Waals surface area contributed by atoms with Crippen LogP contribution in [0.2, 0.25) is 5.02 Å². The zero-order valence-electron chi connectivity index (χ0n) is 6.99. The summed E-state index contributed by atoms with van der Waals surface area (Å²) in [6.07, 6.45) is 1.31. The lowest BCUT2D eigenvalue weighted by Crippen LogP contribution is -1.84. The van der Waals surface area contributed by atoms with Crippen molar-refractivity contribution in [1.29, 1.82) is 0 Å². The molecule has 0 aliphatic heterocycles. The minimum absolute atomic E-state index is 0.592. The van der Waals surface area contributed by atoms with Crippen molar-refractivity contribution < 1.29 is 4.52 Å². The minimum Gasteiger partial charge on any atom is -0.342 e. The maximum Gasteiger partial charge on any atom is 0.214 e. The molecule has 1 aromatic heterocycles. The molecule has 0 radical (unpaired) electrons. The van der Waals surface area contributed by atoms with Crippen molar-refractivity contribution in [3.8, 4) is 11.4 Å². The molecule has 0 amide bonds. The van der Waals surface area contributed by atoms with Gasteiger partial charge in [0.25, 0.3) is 0 Å². The Kier molecular flexibility index (Phi) is 2.02. The topological polar surface area (TPSA) is 38.9 Å². The quantitative estimate of drug-likeness (QED) is 0.701. The molecule has 3 nitrogen and oxygen atoms in total. The molecular weight excluding hydrogens is 188 g/mol. The van der Waals surface area contributed by atoms with Crippen LogP contribution >= 0.6 is 11.6 Å². The minimum atomic E-state index is 0.592. The van der Waals surface area contributed by atoms with E-state index in [1.165, 1.54) is 6.39 Å². The van der Waals surface area contributed by atoms with Gasteiger partial charge in [0.05, 0.1) is 0 Å². The number of aromatic nitrogens is 2. The highest BCUT2D eigenvalue weighted by Gasteiger charge is 2.05. The molecule has 1 aromatic carbocycles. The molecule has 66 valence electrons. The van der Waals surface area contributed by atoms with Crippen LogP contribution in [0.4, 0.5) is 0 Å². The Morgan fingerprint density at radius 2 is 2.23 bits per heavy atom. The van der Waals surface area contributed by atoms with E-state index >= 15 is 0 Å². The summed E-state index contributed by atoms with van der Waals surface area (Å²) in [5.41, 5.74) is 1.98. The highest BCUT2D eigenvalue weighted by Crippen LogP contribution is 2.22. The normalized spacial score (nSPS) is 10.3. The van der Waals surface area contributed by atoms with Crippen molar-refractivity contribution in [3.05, 3.63) is 35.2 Å². The Hall–Kier alpha value is -1.35. The summed E-state index contributed by atoms with van der Waals surface area (Å²) in [7, 11) is 0. The van der Waals surface area contributed by atoms with E-state index in [1.54, 1.807) is 6.07 Å². The molecule has 0 unspecified atom stereocenters. The van der Waals surface area contributed by atoms with Gasteiger partial charge in [0.2, 0.25) is 12.2 Å². The van der Waals surface area contributed by atoms with E-state index < -0.39 is 0 Å². The van der Waals surface area contributed by atoms with E-state index in [0.29, 0.717) is 10.8 Å². The van der Waals surface area contributed by atoms with E-state index in [9.17, 15) is 0 Å². The van der Waals surface area contributed by atoms with Crippen molar-refractivity contribution in [2.45, 2.75) is 6.92 Å². The monoisotopic (exact) mass is 194 g/mol. The molecule has 0 spiro atoms. The van der Waals surface area contributed by atoms with Gasteiger partial charge in [0.15, 0.2) is 0 Å². The standard InChI is InChI=1S/C9H7ClN2O/c1-6-4-7(10)2-3-8(6)9-11-5-13-12-9/h2-5H,1H3. The Labute approximate surface area is 80.3 Å². The number of benzene rings is 1. The summed E-state index contributed by atoms with van der Waals surface area (Å²) in [4.78, 5) is 3.96. The molecule has 2 rings (SSSR count). The highest BCUT2D eigenvalue weighted by atomic mass is 35.5. The Morgan fingerprint density at radius 1 is 1.38 bits per heavy atom. The summed E-state index contributed by atoms with van der Waals surface area (Å²) in [6, 6.07) is 5.55. The molecular formula is C9H7ClN2O. The molecule has 2 aromatic rings. The lowest BCUT2D eigenvalue weighted by molar-refractivity contribution is 0.418. The van der Waals surface area contributed by atoms with Gasteiger partial charge in [0, 0.05) is 10.6 Å².